The van der Waals surface area contributed by atoms with Crippen molar-refractivity contribution < 1.29 is 14.0 Å². The summed E-state index contributed by atoms with van der Waals surface area (Å²) in [5, 5.41) is 7.26. The minimum Gasteiger partial charge on any atom is -0.460 e. The molecule has 2 aromatic heterocycles. The van der Waals surface area contributed by atoms with E-state index in [1.807, 2.05) is 53.1 Å². The van der Waals surface area contributed by atoms with Crippen LogP contribution >= 0.6 is 0 Å². The van der Waals surface area contributed by atoms with Crippen LogP contribution in [0, 0.1) is 12.8 Å². The Morgan fingerprint density at radius 2 is 1.72 bits per heavy atom. The van der Waals surface area contributed by atoms with E-state index in [0.717, 1.165) is 55.5 Å². The number of hydrogen-bond acceptors (Lipinski definition) is 4. The van der Waals surface area contributed by atoms with Crippen LogP contribution < -0.4 is 4.90 Å². The number of fused-ring (bicyclic) bond motifs is 1. The number of para-hydroxylation sites is 1. The highest BCUT2D eigenvalue weighted by Crippen LogP contribution is 2.27. The van der Waals surface area contributed by atoms with Gasteiger partial charge in [-0.05, 0) is 49.4 Å². The molecule has 0 radical (unpaired) electrons. The molecular formula is C29H38N4O3. The van der Waals surface area contributed by atoms with Crippen molar-refractivity contribution in [2.24, 2.45) is 5.92 Å². The highest BCUT2D eigenvalue weighted by molar-refractivity contribution is 5.95. The van der Waals surface area contributed by atoms with Gasteiger partial charge >= 0.3 is 0 Å². The molecule has 7 nitrogen and oxygen atoms in total. The van der Waals surface area contributed by atoms with Gasteiger partial charge in [-0.25, -0.2) is 0 Å². The lowest BCUT2D eigenvalue weighted by molar-refractivity contribution is -0.119. The van der Waals surface area contributed by atoms with Crippen molar-refractivity contribution >= 4 is 17.5 Å². The number of amides is 2. The van der Waals surface area contributed by atoms with Crippen LogP contribution in [0.3, 0.4) is 0 Å². The van der Waals surface area contributed by atoms with Crippen LogP contribution in [0.15, 0.2) is 46.9 Å². The lowest BCUT2D eigenvalue weighted by atomic mass is 10.1. The predicted molar refractivity (Wildman–Crippen MR) is 142 cm³/mol. The normalized spacial score (nSPS) is 15.7. The quantitative estimate of drug-likeness (QED) is 0.462. The molecule has 1 N–H and O–H groups in total. The molecule has 2 amide bonds. The minimum absolute atomic E-state index is 0.120. The number of furan rings is 1. The molecule has 0 bridgehead atoms. The molecule has 192 valence electrons. The zero-order valence-electron chi connectivity index (χ0n) is 21.8. The van der Waals surface area contributed by atoms with E-state index in [1.54, 1.807) is 6.07 Å². The molecule has 0 spiro atoms. The van der Waals surface area contributed by atoms with Crippen LogP contribution in [0.2, 0.25) is 0 Å². The molecule has 0 atom stereocenters. The number of H-pyrrole nitrogens is 1. The van der Waals surface area contributed by atoms with Gasteiger partial charge in [-0.15, -0.1) is 0 Å². The first-order valence-corrected chi connectivity index (χ1v) is 13.2. The minimum atomic E-state index is -0.120. The second-order valence-corrected chi connectivity index (χ2v) is 10.2. The van der Waals surface area contributed by atoms with Gasteiger partial charge < -0.3 is 14.2 Å². The Bertz CT molecular complexity index is 1160. The van der Waals surface area contributed by atoms with E-state index in [1.165, 1.54) is 0 Å². The fourth-order valence-electron chi connectivity index (χ4n) is 4.78. The maximum absolute atomic E-state index is 13.6. The summed E-state index contributed by atoms with van der Waals surface area (Å²) in [7, 11) is 0. The Balaban J connectivity index is 1.62. The number of carbonyl (C=O) groups is 2. The smallest absolute Gasteiger partial charge is 0.274 e. The molecule has 1 aliphatic heterocycles. The number of benzene rings is 1. The van der Waals surface area contributed by atoms with Gasteiger partial charge in [-0.2, -0.15) is 5.10 Å². The Hall–Kier alpha value is -3.35. The largest absolute Gasteiger partial charge is 0.460 e. The van der Waals surface area contributed by atoms with E-state index < -0.39 is 0 Å². The van der Waals surface area contributed by atoms with E-state index in [0.29, 0.717) is 49.1 Å². The van der Waals surface area contributed by atoms with E-state index in [9.17, 15) is 9.59 Å². The van der Waals surface area contributed by atoms with Gasteiger partial charge in [0.15, 0.2) is 11.5 Å². The summed E-state index contributed by atoms with van der Waals surface area (Å²) in [6, 6.07) is 13.5. The maximum atomic E-state index is 13.6. The van der Waals surface area contributed by atoms with Crippen molar-refractivity contribution in [2.45, 2.75) is 72.3 Å². The van der Waals surface area contributed by atoms with Crippen LogP contribution in [0.25, 0.3) is 11.5 Å². The monoisotopic (exact) mass is 490 g/mol. The first kappa shape index (κ1) is 25.7. The highest BCUT2D eigenvalue weighted by Gasteiger charge is 2.24. The molecular weight excluding hydrogens is 452 g/mol. The van der Waals surface area contributed by atoms with Crippen LogP contribution in [-0.4, -0.2) is 40.0 Å². The van der Waals surface area contributed by atoms with Crippen molar-refractivity contribution in [2.75, 3.05) is 18.0 Å². The second-order valence-electron chi connectivity index (χ2n) is 10.2. The molecule has 4 rings (SSSR count). The van der Waals surface area contributed by atoms with Crippen molar-refractivity contribution in [1.82, 2.24) is 15.1 Å². The third-order valence-electron chi connectivity index (χ3n) is 6.68. The fourth-order valence-corrected chi connectivity index (χ4v) is 4.78. The predicted octanol–water partition coefficient (Wildman–Crippen LogP) is 6.35. The molecule has 0 saturated carbocycles. The van der Waals surface area contributed by atoms with Crippen LogP contribution in [0.5, 0.6) is 0 Å². The van der Waals surface area contributed by atoms with Gasteiger partial charge in [-0.3, -0.25) is 14.7 Å². The van der Waals surface area contributed by atoms with Crippen molar-refractivity contribution in [3.05, 3.63) is 59.5 Å². The van der Waals surface area contributed by atoms with Gasteiger partial charge in [0.05, 0.1) is 0 Å². The second kappa shape index (κ2) is 12.1. The van der Waals surface area contributed by atoms with Gasteiger partial charge in [-0.1, -0.05) is 57.7 Å². The number of rotatable bonds is 4. The topological polar surface area (TPSA) is 82.4 Å². The highest BCUT2D eigenvalue weighted by atomic mass is 16.3. The number of hydrogen-bond donors (Lipinski definition) is 1. The Morgan fingerprint density at radius 3 is 2.44 bits per heavy atom. The van der Waals surface area contributed by atoms with Gasteiger partial charge in [0.2, 0.25) is 5.91 Å². The number of aromatic nitrogens is 2. The lowest BCUT2D eigenvalue weighted by Crippen LogP contribution is -2.35. The van der Waals surface area contributed by atoms with Crippen LogP contribution in [0.1, 0.15) is 80.6 Å². The first-order chi connectivity index (χ1) is 17.4. The number of anilines is 1. The zero-order chi connectivity index (χ0) is 25.5. The van der Waals surface area contributed by atoms with E-state index in [2.05, 4.69) is 24.0 Å². The fraction of sp³-hybridized carbons (Fsp3) is 0.483. The third-order valence-corrected chi connectivity index (χ3v) is 6.68. The van der Waals surface area contributed by atoms with E-state index >= 15 is 0 Å². The van der Waals surface area contributed by atoms with E-state index in [4.69, 9.17) is 4.42 Å². The average Bonchev–Trinajstić information content (AvgIpc) is 3.51. The lowest BCUT2D eigenvalue weighted by Gasteiger charge is -2.28. The molecule has 0 aliphatic carbocycles. The van der Waals surface area contributed by atoms with Gasteiger partial charge in [0, 0.05) is 37.8 Å². The van der Waals surface area contributed by atoms with Crippen molar-refractivity contribution in [3.8, 4) is 11.5 Å². The summed E-state index contributed by atoms with van der Waals surface area (Å²) < 4.78 is 5.69. The number of carbonyl (C=O) groups excluding carboxylic acids is 2. The van der Waals surface area contributed by atoms with Crippen LogP contribution in [-0.2, 0) is 11.3 Å². The van der Waals surface area contributed by atoms with Crippen molar-refractivity contribution in [3.63, 3.8) is 0 Å². The van der Waals surface area contributed by atoms with Gasteiger partial charge in [0.1, 0.15) is 11.5 Å². The standard InChI is InChI=1S/C29H38N4O3/c1-21(2)18-28(34)33-17-11-7-5-4-6-10-16-32(20-23-12-8-9-13-26(23)33)29(35)25-19-24(30-31-25)27-15-14-22(3)36-27/h8-9,12-15,19,21H,4-7,10-11,16-18,20H2,1-3H3,(H,30,31). The molecule has 1 aliphatic rings. The first-order valence-electron chi connectivity index (χ1n) is 13.2. The summed E-state index contributed by atoms with van der Waals surface area (Å²) >= 11 is 0. The Morgan fingerprint density at radius 1 is 1.00 bits per heavy atom. The summed E-state index contributed by atoms with van der Waals surface area (Å²) in [5.74, 6) is 1.79. The molecule has 1 aromatic carbocycles. The number of nitrogens with one attached hydrogen (secondary N) is 1. The molecule has 3 heterocycles. The SMILES string of the molecule is Cc1ccc(-c2cc(C(=O)N3CCCCCCCCN(C(=O)CC(C)C)c4ccccc4C3)n[nH]2)o1. The van der Waals surface area contributed by atoms with E-state index in [-0.39, 0.29) is 11.8 Å². The van der Waals surface area contributed by atoms with Crippen LogP contribution in [0.4, 0.5) is 5.69 Å². The number of aromatic amines is 1. The molecule has 0 unspecified atom stereocenters. The zero-order valence-corrected chi connectivity index (χ0v) is 21.8. The average molecular weight is 491 g/mol. The summed E-state index contributed by atoms with van der Waals surface area (Å²) in [6.45, 7) is 7.83. The Kier molecular flexibility index (Phi) is 8.62. The summed E-state index contributed by atoms with van der Waals surface area (Å²) in [6.07, 6.45) is 6.92. The number of nitrogens with zero attached hydrogens (tertiary/aromatic N) is 3. The summed E-state index contributed by atoms with van der Waals surface area (Å²) in [5.41, 5.74) is 2.95. The summed E-state index contributed by atoms with van der Waals surface area (Å²) in [4.78, 5) is 30.7. The Labute approximate surface area is 213 Å². The molecule has 0 saturated heterocycles. The molecule has 0 fully saturated rings. The van der Waals surface area contributed by atoms with Crippen molar-refractivity contribution in [1.29, 1.82) is 0 Å². The molecule has 7 heteroatoms. The number of aryl methyl sites for hydroxylation is 1. The molecule has 3 aromatic rings. The van der Waals surface area contributed by atoms with Gasteiger partial charge in [0.25, 0.3) is 5.91 Å². The molecule has 36 heavy (non-hydrogen) atoms. The maximum Gasteiger partial charge on any atom is 0.274 e. The third kappa shape index (κ3) is 6.45.